The summed E-state index contributed by atoms with van der Waals surface area (Å²) in [6.07, 6.45) is 6.14. The van der Waals surface area contributed by atoms with Crippen molar-refractivity contribution in [2.75, 3.05) is 17.6 Å². The third-order valence-electron chi connectivity index (χ3n) is 5.38. The number of nitrogens with one attached hydrogen (secondary N) is 2. The number of amides is 2. The Labute approximate surface area is 193 Å². The Morgan fingerprint density at radius 2 is 1.69 bits per heavy atom. The highest BCUT2D eigenvalue weighted by molar-refractivity contribution is 8.00. The third kappa shape index (κ3) is 7.96. The Balaban J connectivity index is 1.54. The van der Waals surface area contributed by atoms with Gasteiger partial charge in [-0.25, -0.2) is 13.6 Å². The molecule has 0 atom stereocenters. The number of rotatable bonds is 9. The van der Waals surface area contributed by atoms with Crippen LogP contribution in [0.1, 0.15) is 48.0 Å². The van der Waals surface area contributed by atoms with Crippen LogP contribution in [0.25, 0.3) is 0 Å². The Kier molecular flexibility index (Phi) is 8.72. The Hall–Kier alpha value is -2.36. The molecule has 2 aromatic carbocycles. The van der Waals surface area contributed by atoms with Gasteiger partial charge in [0, 0.05) is 17.1 Å². The van der Waals surface area contributed by atoms with Gasteiger partial charge in [0.2, 0.25) is 15.9 Å². The van der Waals surface area contributed by atoms with Crippen LogP contribution < -0.4 is 15.8 Å². The van der Waals surface area contributed by atoms with E-state index in [-0.39, 0.29) is 23.3 Å². The van der Waals surface area contributed by atoms with E-state index in [2.05, 4.69) is 10.6 Å². The van der Waals surface area contributed by atoms with Crippen LogP contribution >= 0.6 is 11.8 Å². The van der Waals surface area contributed by atoms with E-state index in [1.165, 1.54) is 43.9 Å². The standard InChI is InChI=1S/C23H29N3O4S2/c24-32(29,30)16-18-10-12-19(13-11-18)26-23(28)20-8-4-5-9-21(20)31-15-22(27)25-14-17-6-2-1-3-7-17/h4-5,8-13,17H,1-3,6-7,14-16H2,(H,25,27)(H,26,28)(H2,24,29,30). The van der Waals surface area contributed by atoms with Gasteiger partial charge in [-0.1, -0.05) is 43.5 Å². The molecule has 0 radical (unpaired) electrons. The predicted molar refractivity (Wildman–Crippen MR) is 128 cm³/mol. The number of sulfonamides is 1. The second-order valence-electron chi connectivity index (χ2n) is 8.05. The number of nitrogens with two attached hydrogens (primary N) is 1. The van der Waals surface area contributed by atoms with Crippen molar-refractivity contribution in [2.45, 2.75) is 42.8 Å². The molecule has 2 amide bonds. The number of carbonyl (C=O) groups is 2. The predicted octanol–water partition coefficient (Wildman–Crippen LogP) is 3.52. The van der Waals surface area contributed by atoms with E-state index in [1.54, 1.807) is 36.4 Å². The van der Waals surface area contributed by atoms with Crippen molar-refractivity contribution in [3.63, 3.8) is 0 Å². The summed E-state index contributed by atoms with van der Waals surface area (Å²) in [6.45, 7) is 0.725. The fourth-order valence-electron chi connectivity index (χ4n) is 3.74. The molecule has 0 aliphatic heterocycles. The van der Waals surface area contributed by atoms with E-state index in [4.69, 9.17) is 5.14 Å². The highest BCUT2D eigenvalue weighted by atomic mass is 32.2. The highest BCUT2D eigenvalue weighted by Gasteiger charge is 2.16. The number of benzene rings is 2. The van der Waals surface area contributed by atoms with Crippen molar-refractivity contribution in [1.29, 1.82) is 0 Å². The van der Waals surface area contributed by atoms with Gasteiger partial charge in [0.05, 0.1) is 17.1 Å². The minimum absolute atomic E-state index is 0.0266. The summed E-state index contributed by atoms with van der Waals surface area (Å²) >= 11 is 1.34. The van der Waals surface area contributed by atoms with Gasteiger partial charge in [0.25, 0.3) is 5.91 Å². The van der Waals surface area contributed by atoms with Gasteiger partial charge in [-0.3, -0.25) is 9.59 Å². The summed E-state index contributed by atoms with van der Waals surface area (Å²) in [5, 5.41) is 10.9. The first kappa shape index (κ1) is 24.3. The average molecular weight is 476 g/mol. The Bertz CT molecular complexity index is 1030. The summed E-state index contributed by atoms with van der Waals surface area (Å²) in [4.78, 5) is 25.8. The molecule has 1 aliphatic carbocycles. The molecular weight excluding hydrogens is 446 g/mol. The van der Waals surface area contributed by atoms with Gasteiger partial charge in [0.1, 0.15) is 0 Å². The quantitative estimate of drug-likeness (QED) is 0.480. The second kappa shape index (κ2) is 11.5. The molecule has 3 rings (SSSR count). The van der Waals surface area contributed by atoms with Crippen molar-refractivity contribution in [3.05, 3.63) is 59.7 Å². The summed E-state index contributed by atoms with van der Waals surface area (Å²) in [7, 11) is -3.61. The molecule has 2 aromatic rings. The van der Waals surface area contributed by atoms with Crippen LogP contribution in [0.5, 0.6) is 0 Å². The third-order valence-corrected chi connectivity index (χ3v) is 7.19. The normalized spacial score (nSPS) is 14.7. The monoisotopic (exact) mass is 475 g/mol. The number of hydrogen-bond acceptors (Lipinski definition) is 5. The van der Waals surface area contributed by atoms with Gasteiger partial charge >= 0.3 is 0 Å². The average Bonchev–Trinajstić information content (AvgIpc) is 2.77. The van der Waals surface area contributed by atoms with Crippen LogP contribution in [0.3, 0.4) is 0 Å². The zero-order valence-electron chi connectivity index (χ0n) is 17.9. The lowest BCUT2D eigenvalue weighted by molar-refractivity contribution is -0.118. The van der Waals surface area contributed by atoms with Crippen LogP contribution in [0.4, 0.5) is 5.69 Å². The minimum Gasteiger partial charge on any atom is -0.355 e. The molecule has 9 heteroatoms. The van der Waals surface area contributed by atoms with Gasteiger partial charge in [-0.15, -0.1) is 11.8 Å². The number of anilines is 1. The number of carbonyl (C=O) groups excluding carboxylic acids is 2. The van der Waals surface area contributed by atoms with Crippen molar-refractivity contribution in [1.82, 2.24) is 5.32 Å². The van der Waals surface area contributed by atoms with Crippen LogP contribution in [-0.2, 0) is 20.6 Å². The summed E-state index contributed by atoms with van der Waals surface area (Å²) in [6, 6.07) is 13.6. The van der Waals surface area contributed by atoms with Crippen molar-refractivity contribution >= 4 is 39.3 Å². The lowest BCUT2D eigenvalue weighted by Crippen LogP contribution is -2.31. The lowest BCUT2D eigenvalue weighted by Gasteiger charge is -2.21. The maximum atomic E-state index is 12.8. The first-order chi connectivity index (χ1) is 15.3. The fraction of sp³-hybridized carbons (Fsp3) is 0.391. The smallest absolute Gasteiger partial charge is 0.256 e. The van der Waals surface area contributed by atoms with Gasteiger partial charge in [-0.05, 0) is 48.6 Å². The highest BCUT2D eigenvalue weighted by Crippen LogP contribution is 2.25. The molecule has 1 saturated carbocycles. The summed E-state index contributed by atoms with van der Waals surface area (Å²) in [5.41, 5.74) is 1.56. The van der Waals surface area contributed by atoms with Crippen molar-refractivity contribution < 1.29 is 18.0 Å². The molecule has 4 N–H and O–H groups in total. The first-order valence-corrected chi connectivity index (χ1v) is 13.4. The maximum Gasteiger partial charge on any atom is 0.256 e. The number of hydrogen-bond donors (Lipinski definition) is 3. The zero-order chi connectivity index (χ0) is 23.0. The van der Waals surface area contributed by atoms with Crippen molar-refractivity contribution in [3.8, 4) is 0 Å². The molecule has 1 fully saturated rings. The topological polar surface area (TPSA) is 118 Å². The van der Waals surface area contributed by atoms with Crippen LogP contribution in [0, 0.1) is 5.92 Å². The Morgan fingerprint density at radius 3 is 2.38 bits per heavy atom. The van der Waals surface area contributed by atoms with E-state index in [9.17, 15) is 18.0 Å². The van der Waals surface area contributed by atoms with E-state index in [0.29, 0.717) is 22.7 Å². The zero-order valence-corrected chi connectivity index (χ0v) is 19.5. The largest absolute Gasteiger partial charge is 0.355 e. The lowest BCUT2D eigenvalue weighted by atomic mass is 9.89. The molecule has 7 nitrogen and oxygen atoms in total. The molecule has 0 saturated heterocycles. The molecule has 0 bridgehead atoms. The van der Waals surface area contributed by atoms with Crippen molar-refractivity contribution in [2.24, 2.45) is 11.1 Å². The van der Waals surface area contributed by atoms with E-state index < -0.39 is 10.0 Å². The molecule has 172 valence electrons. The summed E-state index contributed by atoms with van der Waals surface area (Å²) in [5.74, 6) is 0.242. The van der Waals surface area contributed by atoms with Gasteiger partial charge < -0.3 is 10.6 Å². The molecule has 0 heterocycles. The minimum atomic E-state index is -3.61. The molecular formula is C23H29N3O4S2. The fourth-order valence-corrected chi connectivity index (χ4v) is 5.28. The van der Waals surface area contributed by atoms with Crippen LogP contribution in [0.2, 0.25) is 0 Å². The molecule has 32 heavy (non-hydrogen) atoms. The molecule has 0 aromatic heterocycles. The van der Waals surface area contributed by atoms with Gasteiger partial charge in [0.15, 0.2) is 0 Å². The van der Waals surface area contributed by atoms with Crippen LogP contribution in [-0.4, -0.2) is 32.5 Å². The van der Waals surface area contributed by atoms with E-state index in [1.807, 2.05) is 12.1 Å². The maximum absolute atomic E-state index is 12.8. The van der Waals surface area contributed by atoms with E-state index >= 15 is 0 Å². The number of thioether (sulfide) groups is 1. The Morgan fingerprint density at radius 1 is 1.00 bits per heavy atom. The molecule has 1 aliphatic rings. The van der Waals surface area contributed by atoms with E-state index in [0.717, 1.165) is 11.4 Å². The molecule has 0 unspecified atom stereocenters. The SMILES string of the molecule is NS(=O)(=O)Cc1ccc(NC(=O)c2ccccc2SCC(=O)NCC2CCCCC2)cc1. The first-order valence-electron chi connectivity index (χ1n) is 10.7. The number of primary sulfonamides is 1. The second-order valence-corrected chi connectivity index (χ2v) is 10.7. The molecule has 0 spiro atoms. The summed E-state index contributed by atoms with van der Waals surface area (Å²) < 4.78 is 22.4. The van der Waals surface area contributed by atoms with Crippen LogP contribution in [0.15, 0.2) is 53.4 Å². The van der Waals surface area contributed by atoms with Gasteiger partial charge in [-0.2, -0.15) is 0 Å².